The number of nitrogens with zero attached hydrogens (tertiary/aromatic N) is 1. The molecule has 1 aliphatic rings. The quantitative estimate of drug-likeness (QED) is 0.687. The first-order chi connectivity index (χ1) is 11.8. The zero-order chi connectivity index (χ0) is 18.6. The summed E-state index contributed by atoms with van der Waals surface area (Å²) >= 11 is 5.85. The van der Waals surface area contributed by atoms with Gasteiger partial charge in [-0.25, -0.2) is 0 Å². The fourth-order valence-electron chi connectivity index (χ4n) is 2.52. The fraction of sp³-hybridized carbons (Fsp3) is 0.471. The number of nitrogens with two attached hydrogens (primary N) is 1. The minimum atomic E-state index is -0.665. The number of nitrogens with one attached hydrogen (secondary N) is 2. The van der Waals surface area contributed by atoms with Gasteiger partial charge in [-0.15, -0.1) is 0 Å². The number of benzene rings is 1. The molecular weight excluding hydrogens is 344 g/mol. The van der Waals surface area contributed by atoms with Crippen molar-refractivity contribution in [3.8, 4) is 0 Å². The standard InChI is InChI=1S/C17H23ClN4O3/c1-10(2)15(19)16(24)20-9-14(23)21-13-7-8-22(17(13)25)12-5-3-11(18)4-6-12/h3-6,10,13,15H,7-9,19H2,1-2H3,(H,20,24)(H,21,23)/t13?,15-/m0/s1. The van der Waals surface area contributed by atoms with Crippen LogP contribution in [0.2, 0.25) is 5.02 Å². The van der Waals surface area contributed by atoms with Crippen LogP contribution in [0.25, 0.3) is 0 Å². The van der Waals surface area contributed by atoms with Crippen molar-refractivity contribution in [2.24, 2.45) is 11.7 Å². The first kappa shape index (κ1) is 19.2. The second kappa shape index (κ2) is 8.31. The average Bonchev–Trinajstić information content (AvgIpc) is 2.93. The molecule has 1 aliphatic heterocycles. The van der Waals surface area contributed by atoms with Gasteiger partial charge >= 0.3 is 0 Å². The van der Waals surface area contributed by atoms with E-state index in [4.69, 9.17) is 17.3 Å². The number of halogens is 1. The SMILES string of the molecule is CC(C)[C@H](N)C(=O)NCC(=O)NC1CCN(c2ccc(Cl)cc2)C1=O. The van der Waals surface area contributed by atoms with Gasteiger partial charge in [-0.2, -0.15) is 0 Å². The minimum Gasteiger partial charge on any atom is -0.346 e. The van der Waals surface area contributed by atoms with E-state index in [2.05, 4.69) is 10.6 Å². The molecule has 3 amide bonds. The summed E-state index contributed by atoms with van der Waals surface area (Å²) in [7, 11) is 0. The Kier molecular flexibility index (Phi) is 6.39. The van der Waals surface area contributed by atoms with E-state index >= 15 is 0 Å². The van der Waals surface area contributed by atoms with Crippen molar-refractivity contribution >= 4 is 35.0 Å². The first-order valence-corrected chi connectivity index (χ1v) is 8.57. The van der Waals surface area contributed by atoms with Crippen LogP contribution < -0.4 is 21.3 Å². The van der Waals surface area contributed by atoms with E-state index in [0.29, 0.717) is 18.0 Å². The van der Waals surface area contributed by atoms with Crippen LogP contribution in [-0.4, -0.2) is 42.9 Å². The molecule has 136 valence electrons. The number of carbonyl (C=O) groups is 3. The van der Waals surface area contributed by atoms with Gasteiger partial charge in [0.25, 0.3) is 0 Å². The van der Waals surface area contributed by atoms with Crippen LogP contribution in [0, 0.1) is 5.92 Å². The Labute approximate surface area is 151 Å². The van der Waals surface area contributed by atoms with E-state index in [0.717, 1.165) is 5.69 Å². The van der Waals surface area contributed by atoms with E-state index in [1.165, 1.54) is 0 Å². The lowest BCUT2D eigenvalue weighted by Gasteiger charge is -2.18. The molecule has 4 N–H and O–H groups in total. The number of anilines is 1. The van der Waals surface area contributed by atoms with Crippen molar-refractivity contribution in [1.29, 1.82) is 0 Å². The normalized spacial score (nSPS) is 18.4. The van der Waals surface area contributed by atoms with Crippen molar-refractivity contribution in [1.82, 2.24) is 10.6 Å². The van der Waals surface area contributed by atoms with E-state index in [-0.39, 0.29) is 24.3 Å². The molecule has 1 saturated heterocycles. The molecule has 0 aromatic heterocycles. The van der Waals surface area contributed by atoms with Crippen LogP contribution in [0.1, 0.15) is 20.3 Å². The monoisotopic (exact) mass is 366 g/mol. The van der Waals surface area contributed by atoms with Crippen molar-refractivity contribution in [2.75, 3.05) is 18.0 Å². The number of hydrogen-bond donors (Lipinski definition) is 3. The van der Waals surface area contributed by atoms with Gasteiger partial charge in [-0.05, 0) is 36.6 Å². The summed E-state index contributed by atoms with van der Waals surface area (Å²) < 4.78 is 0. The minimum absolute atomic E-state index is 0.0209. The number of carbonyl (C=O) groups excluding carboxylic acids is 3. The van der Waals surface area contributed by atoms with Gasteiger partial charge in [0.2, 0.25) is 17.7 Å². The summed E-state index contributed by atoms with van der Waals surface area (Å²) in [6, 6.07) is 5.68. The molecule has 1 fully saturated rings. The maximum absolute atomic E-state index is 12.4. The lowest BCUT2D eigenvalue weighted by atomic mass is 10.1. The fourth-order valence-corrected chi connectivity index (χ4v) is 2.65. The molecule has 1 heterocycles. The molecule has 25 heavy (non-hydrogen) atoms. The number of amides is 3. The molecule has 0 spiro atoms. The molecule has 0 saturated carbocycles. The molecule has 0 aliphatic carbocycles. The second-order valence-electron chi connectivity index (χ2n) is 6.36. The van der Waals surface area contributed by atoms with Gasteiger partial charge in [0, 0.05) is 17.3 Å². The Morgan fingerprint density at radius 1 is 1.32 bits per heavy atom. The summed E-state index contributed by atoms with van der Waals surface area (Å²) in [6.45, 7) is 3.96. The lowest BCUT2D eigenvalue weighted by molar-refractivity contribution is -0.128. The zero-order valence-electron chi connectivity index (χ0n) is 14.3. The Hall–Kier alpha value is -2.12. The number of hydrogen-bond acceptors (Lipinski definition) is 4. The molecule has 1 aromatic rings. The lowest BCUT2D eigenvalue weighted by Crippen LogP contribution is -2.49. The van der Waals surface area contributed by atoms with Gasteiger partial charge in [0.15, 0.2) is 0 Å². The third-order valence-electron chi connectivity index (χ3n) is 4.12. The van der Waals surface area contributed by atoms with Crippen LogP contribution >= 0.6 is 11.6 Å². The van der Waals surface area contributed by atoms with Crippen LogP contribution in [0.15, 0.2) is 24.3 Å². The first-order valence-electron chi connectivity index (χ1n) is 8.19. The summed E-state index contributed by atoms with van der Waals surface area (Å²) in [4.78, 5) is 37.8. The summed E-state index contributed by atoms with van der Waals surface area (Å²) in [5.41, 5.74) is 6.45. The van der Waals surface area contributed by atoms with Crippen molar-refractivity contribution in [3.63, 3.8) is 0 Å². The Bertz CT molecular complexity index is 648. The molecule has 1 unspecified atom stereocenters. The highest BCUT2D eigenvalue weighted by atomic mass is 35.5. The highest BCUT2D eigenvalue weighted by Crippen LogP contribution is 2.23. The average molecular weight is 367 g/mol. The highest BCUT2D eigenvalue weighted by Gasteiger charge is 2.33. The molecule has 0 bridgehead atoms. The van der Waals surface area contributed by atoms with Gasteiger partial charge in [0.05, 0.1) is 12.6 Å². The Morgan fingerprint density at radius 2 is 1.96 bits per heavy atom. The largest absolute Gasteiger partial charge is 0.346 e. The van der Waals surface area contributed by atoms with Crippen LogP contribution in [0.5, 0.6) is 0 Å². The zero-order valence-corrected chi connectivity index (χ0v) is 15.0. The molecule has 0 radical (unpaired) electrons. The molecular formula is C17H23ClN4O3. The third-order valence-corrected chi connectivity index (χ3v) is 4.38. The smallest absolute Gasteiger partial charge is 0.249 e. The third kappa shape index (κ3) is 4.93. The van der Waals surface area contributed by atoms with Crippen molar-refractivity contribution in [3.05, 3.63) is 29.3 Å². The van der Waals surface area contributed by atoms with Crippen LogP contribution in [0.4, 0.5) is 5.69 Å². The molecule has 7 nitrogen and oxygen atoms in total. The molecule has 2 atom stereocenters. The molecule has 8 heteroatoms. The molecule has 2 rings (SSSR count). The highest BCUT2D eigenvalue weighted by molar-refractivity contribution is 6.30. The number of rotatable bonds is 6. The Morgan fingerprint density at radius 3 is 2.56 bits per heavy atom. The Balaban J connectivity index is 1.85. The maximum Gasteiger partial charge on any atom is 0.249 e. The van der Waals surface area contributed by atoms with Gasteiger partial charge in [-0.1, -0.05) is 25.4 Å². The molecule has 1 aromatic carbocycles. The topological polar surface area (TPSA) is 105 Å². The predicted octanol–water partition coefficient (Wildman–Crippen LogP) is 0.661. The van der Waals surface area contributed by atoms with Gasteiger partial charge < -0.3 is 21.3 Å². The second-order valence-corrected chi connectivity index (χ2v) is 6.80. The van der Waals surface area contributed by atoms with E-state index in [1.807, 2.05) is 13.8 Å². The predicted molar refractivity (Wildman–Crippen MR) is 96.2 cm³/mol. The summed E-state index contributed by atoms with van der Waals surface area (Å²) in [6.07, 6.45) is 0.507. The van der Waals surface area contributed by atoms with Crippen LogP contribution in [0.3, 0.4) is 0 Å². The van der Waals surface area contributed by atoms with E-state index < -0.39 is 18.0 Å². The summed E-state index contributed by atoms with van der Waals surface area (Å²) in [5, 5.41) is 5.73. The van der Waals surface area contributed by atoms with Crippen molar-refractivity contribution < 1.29 is 14.4 Å². The van der Waals surface area contributed by atoms with E-state index in [9.17, 15) is 14.4 Å². The van der Waals surface area contributed by atoms with E-state index in [1.54, 1.807) is 29.2 Å². The van der Waals surface area contributed by atoms with Crippen molar-refractivity contribution in [2.45, 2.75) is 32.4 Å². The van der Waals surface area contributed by atoms with Gasteiger partial charge in [0.1, 0.15) is 6.04 Å². The maximum atomic E-state index is 12.4. The van der Waals surface area contributed by atoms with Crippen LogP contribution in [-0.2, 0) is 14.4 Å². The van der Waals surface area contributed by atoms with Gasteiger partial charge in [-0.3, -0.25) is 14.4 Å². The summed E-state index contributed by atoms with van der Waals surface area (Å²) in [5.74, 6) is -1.00.